The van der Waals surface area contributed by atoms with Gasteiger partial charge in [-0.05, 0) is 68.7 Å². The summed E-state index contributed by atoms with van der Waals surface area (Å²) in [6.07, 6.45) is 1.70. The Morgan fingerprint density at radius 2 is 1.93 bits per heavy atom. The van der Waals surface area contributed by atoms with Gasteiger partial charge in [0.05, 0.1) is 5.39 Å². The second-order valence-corrected chi connectivity index (χ2v) is 8.42. The normalized spacial score (nSPS) is 11.6. The maximum atomic E-state index is 5.94. The molecule has 0 fully saturated rings. The first-order chi connectivity index (χ1) is 14.0. The quantitative estimate of drug-likeness (QED) is 0.401. The number of nitrogens with zero attached hydrogens (tertiary/aromatic N) is 4. The summed E-state index contributed by atoms with van der Waals surface area (Å²) in [6, 6.07) is 9.84. The molecule has 146 valence electrons. The Bertz CT molecular complexity index is 1360. The lowest BCUT2D eigenvalue weighted by molar-refractivity contribution is 0.271. The van der Waals surface area contributed by atoms with Crippen LogP contribution < -0.4 is 4.74 Å². The van der Waals surface area contributed by atoms with Gasteiger partial charge in [-0.15, -0.1) is 16.4 Å². The third kappa shape index (κ3) is 3.07. The lowest BCUT2D eigenvalue weighted by Crippen LogP contribution is -1.94. The number of aryl methyl sites for hydroxylation is 4. The molecular formula is C22H20N4O2S. The molecule has 0 aliphatic carbocycles. The van der Waals surface area contributed by atoms with Crippen molar-refractivity contribution in [2.45, 2.75) is 34.3 Å². The van der Waals surface area contributed by atoms with Crippen LogP contribution >= 0.6 is 11.3 Å². The topological polar surface area (TPSA) is 65.5 Å². The van der Waals surface area contributed by atoms with Crippen molar-refractivity contribution in [1.82, 2.24) is 19.6 Å². The van der Waals surface area contributed by atoms with E-state index < -0.39 is 0 Å². The fourth-order valence-corrected chi connectivity index (χ4v) is 4.27. The summed E-state index contributed by atoms with van der Waals surface area (Å²) < 4.78 is 13.5. The van der Waals surface area contributed by atoms with Crippen molar-refractivity contribution >= 4 is 27.2 Å². The van der Waals surface area contributed by atoms with E-state index in [1.54, 1.807) is 22.2 Å². The van der Waals surface area contributed by atoms with Crippen LogP contribution in [0.15, 0.2) is 41.1 Å². The van der Waals surface area contributed by atoms with Crippen LogP contribution in [-0.4, -0.2) is 19.6 Å². The molecule has 7 heteroatoms. The third-order valence-corrected chi connectivity index (χ3v) is 6.36. The minimum atomic E-state index is 0.352. The fourth-order valence-electron chi connectivity index (χ4n) is 3.28. The van der Waals surface area contributed by atoms with Crippen LogP contribution in [0.2, 0.25) is 0 Å². The van der Waals surface area contributed by atoms with Crippen molar-refractivity contribution in [3.63, 3.8) is 0 Å². The predicted octanol–water partition coefficient (Wildman–Crippen LogP) is 5.41. The summed E-state index contributed by atoms with van der Waals surface area (Å²) in [6.45, 7) is 8.71. The van der Waals surface area contributed by atoms with Gasteiger partial charge in [0.1, 0.15) is 29.3 Å². The monoisotopic (exact) mass is 404 g/mol. The number of furan rings is 1. The molecule has 0 aliphatic rings. The number of rotatable bonds is 4. The molecule has 5 aromatic rings. The molecule has 0 unspecified atom stereocenters. The van der Waals surface area contributed by atoms with Gasteiger partial charge in [0.15, 0.2) is 11.4 Å². The largest absolute Gasteiger partial charge is 0.486 e. The van der Waals surface area contributed by atoms with Gasteiger partial charge < -0.3 is 9.15 Å². The van der Waals surface area contributed by atoms with Crippen molar-refractivity contribution in [2.75, 3.05) is 0 Å². The highest BCUT2D eigenvalue weighted by atomic mass is 32.1. The van der Waals surface area contributed by atoms with Crippen LogP contribution in [0.4, 0.5) is 0 Å². The van der Waals surface area contributed by atoms with Gasteiger partial charge in [-0.1, -0.05) is 6.07 Å². The summed E-state index contributed by atoms with van der Waals surface area (Å²) in [7, 11) is 0. The lowest BCUT2D eigenvalue weighted by atomic mass is 10.1. The highest BCUT2D eigenvalue weighted by molar-refractivity contribution is 7.18. The first-order valence-corrected chi connectivity index (χ1v) is 10.2. The molecule has 0 aliphatic heterocycles. The maximum Gasteiger partial charge on any atom is 0.217 e. The van der Waals surface area contributed by atoms with Gasteiger partial charge in [-0.2, -0.15) is 0 Å². The number of benzene rings is 1. The number of thiophene rings is 1. The molecule has 0 bridgehead atoms. The van der Waals surface area contributed by atoms with Gasteiger partial charge in [0.25, 0.3) is 0 Å². The number of ether oxygens (including phenoxy) is 1. The highest BCUT2D eigenvalue weighted by Gasteiger charge is 2.17. The third-order valence-electron chi connectivity index (χ3n) is 5.25. The number of hydrogen-bond donors (Lipinski definition) is 0. The van der Waals surface area contributed by atoms with Crippen LogP contribution in [0, 0.1) is 27.7 Å². The summed E-state index contributed by atoms with van der Waals surface area (Å²) in [5, 5.41) is 5.60. The molecule has 5 rings (SSSR count). The molecule has 6 nitrogen and oxygen atoms in total. The van der Waals surface area contributed by atoms with E-state index in [1.807, 2.05) is 24.3 Å². The van der Waals surface area contributed by atoms with E-state index in [0.29, 0.717) is 18.2 Å². The van der Waals surface area contributed by atoms with Crippen LogP contribution in [0.25, 0.3) is 27.4 Å². The van der Waals surface area contributed by atoms with E-state index in [2.05, 4.69) is 43.8 Å². The maximum absolute atomic E-state index is 5.94. The van der Waals surface area contributed by atoms with E-state index in [9.17, 15) is 0 Å². The Morgan fingerprint density at radius 1 is 1.07 bits per heavy atom. The molecule has 0 spiro atoms. The molecule has 0 radical (unpaired) electrons. The van der Waals surface area contributed by atoms with Crippen LogP contribution in [0.3, 0.4) is 0 Å². The summed E-state index contributed by atoms with van der Waals surface area (Å²) in [5.41, 5.74) is 4.45. The Hall–Kier alpha value is -3.19. The molecule has 0 saturated heterocycles. The lowest BCUT2D eigenvalue weighted by Gasteiger charge is -2.06. The van der Waals surface area contributed by atoms with Crippen molar-refractivity contribution in [1.29, 1.82) is 0 Å². The van der Waals surface area contributed by atoms with Crippen molar-refractivity contribution in [3.05, 3.63) is 64.0 Å². The van der Waals surface area contributed by atoms with Crippen LogP contribution in [0.5, 0.6) is 5.75 Å². The first-order valence-electron chi connectivity index (χ1n) is 9.40. The van der Waals surface area contributed by atoms with E-state index >= 15 is 0 Å². The van der Waals surface area contributed by atoms with Crippen molar-refractivity contribution in [2.24, 2.45) is 0 Å². The Balaban J connectivity index is 1.43. The van der Waals surface area contributed by atoms with E-state index in [0.717, 1.165) is 27.4 Å². The number of hydrogen-bond acceptors (Lipinski definition) is 6. The van der Waals surface area contributed by atoms with Gasteiger partial charge >= 0.3 is 0 Å². The zero-order valence-corrected chi connectivity index (χ0v) is 17.5. The predicted molar refractivity (Wildman–Crippen MR) is 114 cm³/mol. The van der Waals surface area contributed by atoms with Crippen molar-refractivity contribution in [3.8, 4) is 17.3 Å². The van der Waals surface area contributed by atoms with Crippen molar-refractivity contribution < 1.29 is 9.15 Å². The zero-order chi connectivity index (χ0) is 20.1. The highest BCUT2D eigenvalue weighted by Crippen LogP contribution is 2.32. The van der Waals surface area contributed by atoms with Gasteiger partial charge in [-0.3, -0.25) is 0 Å². The molecule has 0 amide bonds. The molecule has 0 N–H and O–H groups in total. The molecule has 0 atom stereocenters. The Kier molecular flexibility index (Phi) is 4.13. The van der Waals surface area contributed by atoms with Gasteiger partial charge in [0.2, 0.25) is 5.82 Å². The second kappa shape index (κ2) is 6.70. The van der Waals surface area contributed by atoms with Crippen LogP contribution in [-0.2, 0) is 6.61 Å². The molecule has 1 aromatic carbocycles. The average molecular weight is 404 g/mol. The number of aromatic nitrogens is 4. The van der Waals surface area contributed by atoms with Crippen LogP contribution in [0.1, 0.15) is 27.3 Å². The Labute approximate surface area is 171 Å². The second-order valence-electron chi connectivity index (χ2n) is 7.21. The minimum Gasteiger partial charge on any atom is -0.486 e. The molecule has 4 heterocycles. The number of fused-ring (bicyclic) bond motifs is 3. The average Bonchev–Trinajstić information content (AvgIpc) is 3.40. The summed E-state index contributed by atoms with van der Waals surface area (Å²) in [5.74, 6) is 2.71. The smallest absolute Gasteiger partial charge is 0.217 e. The van der Waals surface area contributed by atoms with E-state index in [-0.39, 0.29) is 0 Å². The van der Waals surface area contributed by atoms with E-state index in [4.69, 9.17) is 14.1 Å². The molecule has 29 heavy (non-hydrogen) atoms. The summed E-state index contributed by atoms with van der Waals surface area (Å²) in [4.78, 5) is 11.5. The standard InChI is InChI=1S/C22H20N4O2S/c1-12-5-6-16(9-13(12)2)27-10-17-7-8-18(28-17)20-24-21-19-14(3)15(4)29-22(19)23-11-26(21)25-20/h5-9,11H,10H2,1-4H3. The minimum absolute atomic E-state index is 0.352. The first kappa shape index (κ1) is 17.9. The summed E-state index contributed by atoms with van der Waals surface area (Å²) >= 11 is 1.68. The fraction of sp³-hybridized carbons (Fsp3) is 0.227. The SMILES string of the molecule is Cc1ccc(OCc2ccc(-c3nc4c5c(C)c(C)sc5ncn4n3)o2)cc1C. The Morgan fingerprint density at radius 3 is 2.76 bits per heavy atom. The zero-order valence-electron chi connectivity index (χ0n) is 16.7. The van der Waals surface area contributed by atoms with Gasteiger partial charge in [-0.25, -0.2) is 14.5 Å². The molecular weight excluding hydrogens is 384 g/mol. The molecule has 0 saturated carbocycles. The molecule has 4 aromatic heterocycles. The van der Waals surface area contributed by atoms with E-state index in [1.165, 1.54) is 21.6 Å². The van der Waals surface area contributed by atoms with Gasteiger partial charge in [0, 0.05) is 4.88 Å².